The van der Waals surface area contributed by atoms with Crippen LogP contribution < -0.4 is 0 Å². The van der Waals surface area contributed by atoms with Crippen LogP contribution in [0, 0.1) is 60.7 Å². The minimum atomic E-state index is 0. The Morgan fingerprint density at radius 3 is 0.455 bits per heavy atom. The molecule has 0 amide bonds. The molecule has 2 radical (unpaired) electrons. The Balaban J connectivity index is -0.0000000127. The summed E-state index contributed by atoms with van der Waals surface area (Å²) in [6, 6.07) is 0. The molecule has 0 aromatic rings. The molecule has 0 saturated carbocycles. The van der Waals surface area contributed by atoms with Crippen molar-refractivity contribution >= 4 is 73.2 Å². The summed E-state index contributed by atoms with van der Waals surface area (Å²) >= 11 is 2.89. The van der Waals surface area contributed by atoms with Gasteiger partial charge in [-0.25, -0.2) is 0 Å². The SMILES string of the molecule is O=N[O-].O=N[O-].O=N[O-].O=N[O-].O=N[O-].O=N[O-].[Co].[Na].[Na][Na]. The summed E-state index contributed by atoms with van der Waals surface area (Å²) in [6.45, 7) is 0. The fourth-order valence-corrected chi connectivity index (χ4v) is 0. The molecule has 22 heavy (non-hydrogen) atoms. The first-order valence-corrected chi connectivity index (χ1v) is 11.2. The monoisotopic (exact) mass is 404 g/mol. The van der Waals surface area contributed by atoms with Gasteiger partial charge in [-0.2, -0.15) is 0 Å². The van der Waals surface area contributed by atoms with Crippen LogP contribution in [0.25, 0.3) is 0 Å². The first kappa shape index (κ1) is 57.5. The number of hydrogen-bond acceptors (Lipinski definition) is 18. The van der Waals surface area contributed by atoms with Crippen molar-refractivity contribution in [3.05, 3.63) is 60.7 Å². The zero-order valence-electron chi connectivity index (χ0n) is 10.9. The average Bonchev–Trinajstić information content (AvgIpc) is 2.36. The first-order chi connectivity index (χ1) is 9.49. The van der Waals surface area contributed by atoms with Crippen LogP contribution >= 0.6 is 0 Å². The molecular weight excluding hydrogens is 404 g/mol. The van der Waals surface area contributed by atoms with Crippen molar-refractivity contribution in [2.75, 3.05) is 0 Å². The number of nitrogens with zero attached hydrogens (tertiary/aromatic N) is 6. The normalized spacial score (nSPS) is 3.64. The first-order valence-electron chi connectivity index (χ1n) is 3.19. The minimum absolute atomic E-state index is 0. The molecule has 0 saturated heterocycles. The molecule has 22 heteroatoms. The molecule has 0 heterocycles. The molecule has 0 aliphatic carbocycles. The molecule has 0 rings (SSSR count). The summed E-state index contributed by atoms with van der Waals surface area (Å²) in [4.78, 5) is 48.0. The third-order valence-electron chi connectivity index (χ3n) is 0. The molecule has 0 fully saturated rings. The van der Waals surface area contributed by atoms with Crippen molar-refractivity contribution in [1.82, 2.24) is 0 Å². The summed E-state index contributed by atoms with van der Waals surface area (Å²) < 4.78 is 0. The van der Waals surface area contributed by atoms with Gasteiger partial charge in [-0.15, -0.1) is 32.0 Å². The van der Waals surface area contributed by atoms with Crippen LogP contribution in [0.5, 0.6) is 0 Å². The zero-order chi connectivity index (χ0) is 18.2. The maximum absolute atomic E-state index is 8.00. The predicted octanol–water partition coefficient (Wildman–Crippen LogP) is 0.359. The van der Waals surface area contributed by atoms with Gasteiger partial charge in [0.1, 0.15) is 0 Å². The molecular formula is CoN6Na3O12-6. The molecule has 0 spiro atoms. The Morgan fingerprint density at radius 2 is 0.455 bits per heavy atom. The molecule has 0 atom stereocenters. The topological polar surface area (TPSA) is 315 Å². The second-order valence-corrected chi connectivity index (χ2v) is 0.447. The predicted molar refractivity (Wildman–Crippen MR) is 72.2 cm³/mol. The van der Waals surface area contributed by atoms with Crippen LogP contribution in [0.3, 0.4) is 0 Å². The molecule has 0 bridgehead atoms. The van der Waals surface area contributed by atoms with Gasteiger partial charge in [-0.1, -0.05) is 0 Å². The van der Waals surface area contributed by atoms with Crippen molar-refractivity contribution in [3.8, 4) is 0 Å². The average molecular weight is 404 g/mol. The van der Waals surface area contributed by atoms with Crippen molar-refractivity contribution < 1.29 is 16.8 Å². The van der Waals surface area contributed by atoms with Gasteiger partial charge in [0.2, 0.25) is 0 Å². The Kier molecular flexibility index (Phi) is 620. The zero-order valence-corrected chi connectivity index (χ0v) is 18.0. The molecule has 0 aliphatic heterocycles. The van der Waals surface area contributed by atoms with Crippen molar-refractivity contribution in [2.24, 2.45) is 32.0 Å². The van der Waals surface area contributed by atoms with Crippen molar-refractivity contribution in [2.45, 2.75) is 0 Å². The van der Waals surface area contributed by atoms with Gasteiger partial charge < -0.3 is 60.7 Å². The number of hydrogen-bond donors (Lipinski definition) is 0. The van der Waals surface area contributed by atoms with Crippen LogP contribution in [-0.4, -0.2) is 73.2 Å². The van der Waals surface area contributed by atoms with E-state index in [2.05, 4.69) is 0 Å². The van der Waals surface area contributed by atoms with Crippen molar-refractivity contribution in [1.29, 1.82) is 0 Å². The van der Waals surface area contributed by atoms with E-state index in [1.54, 1.807) is 0 Å². The molecule has 0 unspecified atom stereocenters. The molecule has 120 valence electrons. The van der Waals surface area contributed by atoms with Gasteiger partial charge in [0.25, 0.3) is 0 Å². The quantitative estimate of drug-likeness (QED) is 0.300. The number of rotatable bonds is 0. The van der Waals surface area contributed by atoms with Crippen LogP contribution in [0.2, 0.25) is 0 Å². The van der Waals surface area contributed by atoms with Crippen LogP contribution in [0.15, 0.2) is 32.0 Å². The van der Waals surface area contributed by atoms with Crippen molar-refractivity contribution in [3.63, 3.8) is 0 Å². The third kappa shape index (κ3) is 814000. The second-order valence-electron chi connectivity index (χ2n) is 0.447. The Labute approximate surface area is 180 Å². The standard InChI is InChI=1S/Co.6HNO2.3Na/c;6*2-1-3;;;/h;6*(H,2,3);;;/p-6. The van der Waals surface area contributed by atoms with Gasteiger partial charge in [0, 0.05) is 46.3 Å². The Hall–Kier alpha value is -0.0935. The van der Waals surface area contributed by atoms with E-state index < -0.39 is 0 Å². The van der Waals surface area contributed by atoms with E-state index >= 15 is 0 Å². The molecule has 0 aromatic heterocycles. The summed E-state index contributed by atoms with van der Waals surface area (Å²) in [5.74, 6) is 0. The summed E-state index contributed by atoms with van der Waals surface area (Å²) in [6.07, 6.45) is 0. The maximum atomic E-state index is 8.00. The van der Waals surface area contributed by atoms with E-state index in [9.17, 15) is 0 Å². The fraction of sp³-hybridized carbons (Fsp3) is 0. The van der Waals surface area contributed by atoms with E-state index in [1.807, 2.05) is 0 Å². The second kappa shape index (κ2) is 237. The van der Waals surface area contributed by atoms with Crippen LogP contribution in [0.1, 0.15) is 0 Å². The molecule has 18 nitrogen and oxygen atoms in total. The fourth-order valence-electron chi connectivity index (χ4n) is 0. The third-order valence-corrected chi connectivity index (χ3v) is 0. The van der Waals surface area contributed by atoms with Gasteiger partial charge in [0.05, 0.1) is 0 Å². The van der Waals surface area contributed by atoms with Gasteiger partial charge in [0.15, 0.2) is 0 Å². The Bertz CT molecular complexity index is 126. The van der Waals surface area contributed by atoms with Crippen LogP contribution in [0.4, 0.5) is 0 Å². The van der Waals surface area contributed by atoms with E-state index in [0.717, 1.165) is 32.0 Å². The molecule has 0 aliphatic rings. The molecule has 0 aromatic carbocycles. The van der Waals surface area contributed by atoms with Gasteiger partial charge >= 0.3 is 43.6 Å². The summed E-state index contributed by atoms with van der Waals surface area (Å²) in [7, 11) is 0. The van der Waals surface area contributed by atoms with E-state index in [0.29, 0.717) is 0 Å². The summed E-state index contributed by atoms with van der Waals surface area (Å²) in [5.41, 5.74) is 0. The van der Waals surface area contributed by atoms with E-state index in [-0.39, 0.29) is 46.3 Å². The molecule has 0 N–H and O–H groups in total. The van der Waals surface area contributed by atoms with E-state index in [4.69, 9.17) is 60.7 Å². The van der Waals surface area contributed by atoms with E-state index in [1.165, 1.54) is 43.6 Å². The van der Waals surface area contributed by atoms with Gasteiger partial charge in [-0.05, 0) is 0 Å². The van der Waals surface area contributed by atoms with Gasteiger partial charge in [-0.3, -0.25) is 0 Å². The Morgan fingerprint density at radius 1 is 0.455 bits per heavy atom. The van der Waals surface area contributed by atoms with Crippen LogP contribution in [-0.2, 0) is 16.8 Å². The summed E-state index contributed by atoms with van der Waals surface area (Å²) in [5, 5.41) is 54.0.